The smallest absolute Gasteiger partial charge is 0.237 e. The van der Waals surface area contributed by atoms with Crippen LogP contribution in [0.15, 0.2) is 0 Å². The molecular weight excluding hydrogens is 216 g/mol. The van der Waals surface area contributed by atoms with Crippen LogP contribution in [-0.2, 0) is 14.8 Å². The predicted molar refractivity (Wildman–Crippen MR) is 60.0 cm³/mol. The van der Waals surface area contributed by atoms with Crippen LogP contribution in [0.1, 0.15) is 34.1 Å². The first-order valence-corrected chi connectivity index (χ1v) is 6.62. The van der Waals surface area contributed by atoms with Crippen molar-refractivity contribution in [1.29, 1.82) is 0 Å². The highest BCUT2D eigenvalue weighted by molar-refractivity contribution is 7.90. The molecule has 0 aromatic rings. The molecule has 90 valence electrons. The van der Waals surface area contributed by atoms with Crippen LogP contribution >= 0.6 is 0 Å². The molecule has 0 saturated carbocycles. The van der Waals surface area contributed by atoms with E-state index in [1.54, 1.807) is 0 Å². The molecule has 0 aliphatic carbocycles. The van der Waals surface area contributed by atoms with Crippen LogP contribution in [0.25, 0.3) is 0 Å². The van der Waals surface area contributed by atoms with Crippen LogP contribution in [0.5, 0.6) is 0 Å². The van der Waals surface area contributed by atoms with E-state index in [1.807, 2.05) is 18.6 Å². The normalized spacial score (nSPS) is 13.9. The molecule has 0 aromatic heterocycles. The molecule has 6 heteroatoms. The minimum Gasteiger partial charge on any atom is -0.314 e. The quantitative estimate of drug-likeness (QED) is 0.692. The fraction of sp³-hybridized carbons (Fsp3) is 0.889. The summed E-state index contributed by atoms with van der Waals surface area (Å²) < 4.78 is 24.7. The Morgan fingerprint density at radius 3 is 2.20 bits per heavy atom. The van der Waals surface area contributed by atoms with E-state index in [2.05, 4.69) is 5.32 Å². The third-order valence-electron chi connectivity index (χ3n) is 1.92. The molecule has 2 N–H and O–H groups in total. The molecule has 0 rings (SSSR count). The largest absolute Gasteiger partial charge is 0.314 e. The van der Waals surface area contributed by atoms with Crippen molar-refractivity contribution in [2.45, 2.75) is 45.4 Å². The second-order valence-corrected chi connectivity index (χ2v) is 6.02. The van der Waals surface area contributed by atoms with Gasteiger partial charge in [-0.1, -0.05) is 6.92 Å². The summed E-state index contributed by atoms with van der Waals surface area (Å²) in [7, 11) is -3.49. The number of hydrogen-bond donors (Lipinski definition) is 2. The number of amides is 1. The maximum Gasteiger partial charge on any atom is 0.237 e. The lowest BCUT2D eigenvalue weighted by Crippen LogP contribution is -2.39. The fourth-order valence-corrected chi connectivity index (χ4v) is 1.65. The van der Waals surface area contributed by atoms with Crippen LogP contribution in [0.3, 0.4) is 0 Å². The molecule has 0 aliphatic rings. The van der Waals surface area contributed by atoms with Gasteiger partial charge in [-0.25, -0.2) is 8.42 Å². The van der Waals surface area contributed by atoms with E-state index in [1.165, 1.54) is 13.8 Å². The van der Waals surface area contributed by atoms with E-state index in [4.69, 9.17) is 0 Å². The van der Waals surface area contributed by atoms with E-state index >= 15 is 0 Å². The molecular formula is C9H20N2O3S. The number of sulfonamides is 1. The van der Waals surface area contributed by atoms with Gasteiger partial charge in [-0.05, 0) is 27.3 Å². The molecule has 0 aliphatic heterocycles. The van der Waals surface area contributed by atoms with Crippen LogP contribution in [0, 0.1) is 0 Å². The molecule has 0 spiro atoms. The zero-order valence-corrected chi connectivity index (χ0v) is 10.5. The zero-order chi connectivity index (χ0) is 12.1. The Kier molecular flexibility index (Phi) is 5.82. The molecule has 0 fully saturated rings. The lowest BCUT2D eigenvalue weighted by atomic mass is 10.2. The molecule has 0 bridgehead atoms. The molecule has 0 radical (unpaired) electrons. The number of nitrogens with one attached hydrogen (secondary N) is 2. The van der Waals surface area contributed by atoms with Gasteiger partial charge < -0.3 is 5.32 Å². The van der Waals surface area contributed by atoms with Gasteiger partial charge in [0.1, 0.15) is 0 Å². The third-order valence-corrected chi connectivity index (χ3v) is 3.67. The summed E-state index contributed by atoms with van der Waals surface area (Å²) >= 11 is 0. The lowest BCUT2D eigenvalue weighted by Gasteiger charge is -2.13. The summed E-state index contributed by atoms with van der Waals surface area (Å²) in [5, 5.41) is 2.45. The molecule has 0 saturated heterocycles. The highest BCUT2D eigenvalue weighted by Gasteiger charge is 2.19. The molecule has 0 aromatic carbocycles. The van der Waals surface area contributed by atoms with Crippen molar-refractivity contribution in [2.75, 3.05) is 6.54 Å². The van der Waals surface area contributed by atoms with Gasteiger partial charge in [0.05, 0.1) is 5.25 Å². The summed E-state index contributed by atoms with van der Waals surface area (Å²) in [6.07, 6.45) is 0.166. The minimum absolute atomic E-state index is 0.0163. The van der Waals surface area contributed by atoms with E-state index in [9.17, 15) is 13.2 Å². The Hall–Kier alpha value is -0.620. The average molecular weight is 236 g/mol. The van der Waals surface area contributed by atoms with Crippen molar-refractivity contribution >= 4 is 15.9 Å². The van der Waals surface area contributed by atoms with E-state index < -0.39 is 21.2 Å². The first-order chi connectivity index (χ1) is 6.79. The average Bonchev–Trinajstić information content (AvgIpc) is 2.02. The zero-order valence-electron chi connectivity index (χ0n) is 9.70. The molecule has 15 heavy (non-hydrogen) atoms. The maximum atomic E-state index is 11.3. The van der Waals surface area contributed by atoms with Crippen LogP contribution in [0.4, 0.5) is 0 Å². The standard InChI is InChI=1S/C9H20N2O3S/c1-5-10-8(4)6-9(12)11-15(13,14)7(2)3/h7-8,10H,5-6H2,1-4H3,(H,11,12). The van der Waals surface area contributed by atoms with Crippen molar-refractivity contribution in [3.63, 3.8) is 0 Å². The SMILES string of the molecule is CCNC(C)CC(=O)NS(=O)(=O)C(C)C. The highest BCUT2D eigenvalue weighted by atomic mass is 32.2. The van der Waals surface area contributed by atoms with Crippen LogP contribution < -0.4 is 10.0 Å². The van der Waals surface area contributed by atoms with Gasteiger partial charge in [-0.3, -0.25) is 9.52 Å². The topological polar surface area (TPSA) is 75.3 Å². The summed E-state index contributed by atoms with van der Waals surface area (Å²) in [4.78, 5) is 11.3. The Balaban J connectivity index is 4.16. The van der Waals surface area contributed by atoms with Gasteiger partial charge in [0.25, 0.3) is 0 Å². The lowest BCUT2D eigenvalue weighted by molar-refractivity contribution is -0.119. The fourth-order valence-electron chi connectivity index (χ4n) is 1.02. The van der Waals surface area contributed by atoms with E-state index in [0.29, 0.717) is 0 Å². The molecule has 0 heterocycles. The van der Waals surface area contributed by atoms with E-state index in [-0.39, 0.29) is 12.5 Å². The number of hydrogen-bond acceptors (Lipinski definition) is 4. The van der Waals surface area contributed by atoms with Gasteiger partial charge in [0, 0.05) is 12.5 Å². The molecule has 1 atom stereocenters. The van der Waals surface area contributed by atoms with Crippen molar-refractivity contribution in [2.24, 2.45) is 0 Å². The van der Waals surface area contributed by atoms with Crippen molar-refractivity contribution < 1.29 is 13.2 Å². The summed E-state index contributed by atoms with van der Waals surface area (Å²) in [5.74, 6) is -0.461. The monoisotopic (exact) mass is 236 g/mol. The van der Waals surface area contributed by atoms with Gasteiger partial charge in [0.15, 0.2) is 0 Å². The maximum absolute atomic E-state index is 11.3. The second kappa shape index (κ2) is 6.07. The Labute approximate surface area is 91.7 Å². The Morgan fingerprint density at radius 2 is 1.80 bits per heavy atom. The van der Waals surface area contributed by atoms with Crippen LogP contribution in [0.2, 0.25) is 0 Å². The molecule has 1 unspecified atom stereocenters. The number of carbonyl (C=O) groups excluding carboxylic acids is 1. The number of carbonyl (C=O) groups is 1. The van der Waals surface area contributed by atoms with Crippen molar-refractivity contribution in [3.05, 3.63) is 0 Å². The molecule has 5 nitrogen and oxygen atoms in total. The molecule has 1 amide bonds. The Morgan fingerprint density at radius 1 is 1.27 bits per heavy atom. The van der Waals surface area contributed by atoms with Crippen LogP contribution in [-0.4, -0.2) is 32.2 Å². The first-order valence-electron chi connectivity index (χ1n) is 5.07. The predicted octanol–water partition coefficient (Wildman–Crippen LogP) is 0.229. The highest BCUT2D eigenvalue weighted by Crippen LogP contribution is 1.98. The summed E-state index contributed by atoms with van der Waals surface area (Å²) in [5.41, 5.74) is 0. The second-order valence-electron chi connectivity index (χ2n) is 3.78. The van der Waals surface area contributed by atoms with Gasteiger partial charge >= 0.3 is 0 Å². The van der Waals surface area contributed by atoms with Gasteiger partial charge in [0.2, 0.25) is 15.9 Å². The Bertz CT molecular complexity index is 298. The van der Waals surface area contributed by atoms with Crippen molar-refractivity contribution in [3.8, 4) is 0 Å². The first kappa shape index (κ1) is 14.4. The minimum atomic E-state index is -3.49. The van der Waals surface area contributed by atoms with Crippen molar-refractivity contribution in [1.82, 2.24) is 10.0 Å². The van der Waals surface area contributed by atoms with E-state index in [0.717, 1.165) is 6.54 Å². The van der Waals surface area contributed by atoms with Gasteiger partial charge in [-0.15, -0.1) is 0 Å². The summed E-state index contributed by atoms with van der Waals surface area (Å²) in [6, 6.07) is -0.0163. The third kappa shape index (κ3) is 5.74. The summed E-state index contributed by atoms with van der Waals surface area (Å²) in [6.45, 7) is 7.59. The number of rotatable bonds is 6. The van der Waals surface area contributed by atoms with Gasteiger partial charge in [-0.2, -0.15) is 0 Å².